The first-order valence-corrected chi connectivity index (χ1v) is 14.4. The number of aliphatic hydroxyl groups is 3. The van der Waals surface area contributed by atoms with Crippen LogP contribution in [-0.2, 0) is 4.79 Å². The number of aliphatic hydroxyl groups excluding tert-OH is 3. The minimum Gasteiger partial charge on any atom is -0.481 e. The lowest BCUT2D eigenvalue weighted by atomic mass is 9.31. The van der Waals surface area contributed by atoms with Crippen molar-refractivity contribution in [1.82, 2.24) is 0 Å². The zero-order chi connectivity index (χ0) is 25.8. The van der Waals surface area contributed by atoms with E-state index in [2.05, 4.69) is 34.6 Å². The lowest BCUT2D eigenvalue weighted by molar-refractivity contribution is -0.276. The van der Waals surface area contributed by atoms with Crippen LogP contribution >= 0.6 is 0 Å². The normalized spacial score (nSPS) is 60.0. The van der Waals surface area contributed by atoms with Crippen molar-refractivity contribution in [2.24, 2.45) is 62.6 Å². The molecular formula is C30H50O5. The van der Waals surface area contributed by atoms with E-state index in [1.54, 1.807) is 0 Å². The van der Waals surface area contributed by atoms with Crippen molar-refractivity contribution in [3.63, 3.8) is 0 Å². The third-order valence-corrected chi connectivity index (χ3v) is 14.1. The van der Waals surface area contributed by atoms with Crippen molar-refractivity contribution < 1.29 is 25.2 Å². The molecule has 0 amide bonds. The van der Waals surface area contributed by atoms with Gasteiger partial charge in [0.2, 0.25) is 0 Å². The number of carboxylic acid groups (broad SMARTS) is 1. The smallest absolute Gasteiger partial charge is 0.309 e. The zero-order valence-corrected chi connectivity index (χ0v) is 22.9. The van der Waals surface area contributed by atoms with Crippen LogP contribution in [0.25, 0.3) is 0 Å². The van der Waals surface area contributed by atoms with Gasteiger partial charge >= 0.3 is 5.97 Å². The molecule has 0 aliphatic heterocycles. The second kappa shape index (κ2) is 7.93. The third-order valence-electron chi connectivity index (χ3n) is 14.1. The van der Waals surface area contributed by atoms with Gasteiger partial charge in [-0.15, -0.1) is 0 Å². The molecule has 0 spiro atoms. The van der Waals surface area contributed by atoms with E-state index in [0.29, 0.717) is 30.1 Å². The van der Waals surface area contributed by atoms with E-state index in [0.717, 1.165) is 51.4 Å². The summed E-state index contributed by atoms with van der Waals surface area (Å²) < 4.78 is 0. The van der Waals surface area contributed by atoms with Gasteiger partial charge in [0.15, 0.2) is 0 Å². The Kier molecular flexibility index (Phi) is 5.88. The van der Waals surface area contributed by atoms with Crippen molar-refractivity contribution in [2.45, 2.75) is 112 Å². The quantitative estimate of drug-likeness (QED) is 0.431. The Balaban J connectivity index is 1.57. The van der Waals surface area contributed by atoms with Crippen molar-refractivity contribution >= 4 is 5.97 Å². The molecule has 5 aliphatic carbocycles. The summed E-state index contributed by atoms with van der Waals surface area (Å²) in [5, 5.41) is 42.9. The first kappa shape index (κ1) is 26.0. The highest BCUT2D eigenvalue weighted by atomic mass is 16.4. The van der Waals surface area contributed by atoms with Gasteiger partial charge in [0, 0.05) is 5.41 Å². The molecule has 0 unspecified atom stereocenters. The summed E-state index contributed by atoms with van der Waals surface area (Å²) >= 11 is 0. The Labute approximate surface area is 212 Å². The fraction of sp³-hybridized carbons (Fsp3) is 0.967. The van der Waals surface area contributed by atoms with Crippen LogP contribution in [0.5, 0.6) is 0 Å². The largest absolute Gasteiger partial charge is 0.481 e. The average Bonchev–Trinajstić information content (AvgIpc) is 2.80. The Hall–Kier alpha value is -0.650. The summed E-state index contributed by atoms with van der Waals surface area (Å²) in [6, 6.07) is 0. The fourth-order valence-corrected chi connectivity index (χ4v) is 11.8. The summed E-state index contributed by atoms with van der Waals surface area (Å²) in [6.45, 7) is 13.8. The monoisotopic (exact) mass is 490 g/mol. The highest BCUT2D eigenvalue weighted by Crippen LogP contribution is 2.77. The molecule has 0 saturated heterocycles. The minimum absolute atomic E-state index is 0.0601. The predicted molar refractivity (Wildman–Crippen MR) is 135 cm³/mol. The lowest BCUT2D eigenvalue weighted by Crippen LogP contribution is -2.70. The molecule has 0 radical (unpaired) electrons. The molecular weight excluding hydrogens is 440 g/mol. The van der Waals surface area contributed by atoms with Crippen molar-refractivity contribution in [3.8, 4) is 0 Å². The second-order valence-electron chi connectivity index (χ2n) is 14.9. The van der Waals surface area contributed by atoms with Crippen LogP contribution in [0.2, 0.25) is 0 Å². The fourth-order valence-electron chi connectivity index (χ4n) is 11.8. The predicted octanol–water partition coefficient (Wildman–Crippen LogP) is 5.11. The van der Waals surface area contributed by atoms with Gasteiger partial charge in [0.25, 0.3) is 0 Å². The highest BCUT2D eigenvalue weighted by molar-refractivity contribution is 5.75. The summed E-state index contributed by atoms with van der Waals surface area (Å²) in [5.41, 5.74) is -1.28. The number of carbonyl (C=O) groups is 1. The van der Waals surface area contributed by atoms with E-state index in [9.17, 15) is 25.2 Å². The molecule has 0 aromatic carbocycles. The molecule has 13 atom stereocenters. The van der Waals surface area contributed by atoms with Gasteiger partial charge in [-0.05, 0) is 110 Å². The summed E-state index contributed by atoms with van der Waals surface area (Å²) in [7, 11) is 0. The summed E-state index contributed by atoms with van der Waals surface area (Å²) in [5.74, 6) is 1.63. The van der Waals surface area contributed by atoms with Crippen molar-refractivity contribution in [2.75, 3.05) is 6.61 Å². The first-order chi connectivity index (χ1) is 16.2. The topological polar surface area (TPSA) is 98.0 Å². The van der Waals surface area contributed by atoms with Crippen LogP contribution in [0.15, 0.2) is 0 Å². The van der Waals surface area contributed by atoms with Gasteiger partial charge in [0.05, 0.1) is 24.2 Å². The maximum absolute atomic E-state index is 12.8. The van der Waals surface area contributed by atoms with Gasteiger partial charge in [-0.25, -0.2) is 0 Å². The molecule has 0 aromatic heterocycles. The molecule has 5 aliphatic rings. The van der Waals surface area contributed by atoms with Gasteiger partial charge < -0.3 is 20.4 Å². The highest BCUT2D eigenvalue weighted by Gasteiger charge is 2.72. The zero-order valence-electron chi connectivity index (χ0n) is 22.9. The number of hydrogen-bond acceptors (Lipinski definition) is 4. The van der Waals surface area contributed by atoms with Crippen LogP contribution in [-0.4, -0.2) is 45.2 Å². The maximum Gasteiger partial charge on any atom is 0.309 e. The maximum atomic E-state index is 12.8. The molecule has 5 fully saturated rings. The molecule has 5 rings (SSSR count). The van der Waals surface area contributed by atoms with Crippen LogP contribution in [0.4, 0.5) is 0 Å². The average molecular weight is 491 g/mol. The minimum atomic E-state index is -0.891. The van der Waals surface area contributed by atoms with Crippen LogP contribution in [0, 0.1) is 62.6 Å². The first-order valence-electron chi connectivity index (χ1n) is 14.4. The summed E-state index contributed by atoms with van der Waals surface area (Å²) in [6.07, 6.45) is 6.61. The Morgan fingerprint density at radius 3 is 2.17 bits per heavy atom. The Morgan fingerprint density at radius 1 is 0.857 bits per heavy atom. The van der Waals surface area contributed by atoms with Crippen LogP contribution in [0.3, 0.4) is 0 Å². The second-order valence-corrected chi connectivity index (χ2v) is 14.9. The van der Waals surface area contributed by atoms with Gasteiger partial charge in [-0.2, -0.15) is 0 Å². The van der Waals surface area contributed by atoms with Crippen LogP contribution < -0.4 is 0 Å². The van der Waals surface area contributed by atoms with Gasteiger partial charge in [-0.1, -0.05) is 41.5 Å². The molecule has 0 heterocycles. The lowest BCUT2D eigenvalue weighted by Gasteiger charge is -2.74. The number of aliphatic carboxylic acids is 1. The van der Waals surface area contributed by atoms with E-state index < -0.39 is 29.0 Å². The Morgan fingerprint density at radius 2 is 1.54 bits per heavy atom. The number of carboxylic acids is 1. The molecule has 35 heavy (non-hydrogen) atoms. The van der Waals surface area contributed by atoms with Crippen molar-refractivity contribution in [3.05, 3.63) is 0 Å². The number of rotatable bonds is 2. The molecule has 5 nitrogen and oxygen atoms in total. The SMILES string of the molecule is C[C@@H]1[C@H]2[C@H]3CC[C@@H]4[C@@]5(C)C[C@@H](O)[C@H](O)[C@@](C)(CO)[C@@H]5CC[C@@]4(C)[C@]3(C)CC[C@@]2(C(=O)O)CC[C@H]1C. The van der Waals surface area contributed by atoms with Gasteiger partial charge in [0.1, 0.15) is 0 Å². The van der Waals surface area contributed by atoms with E-state index in [-0.39, 0.29) is 34.7 Å². The van der Waals surface area contributed by atoms with Crippen molar-refractivity contribution in [1.29, 1.82) is 0 Å². The molecule has 200 valence electrons. The third kappa shape index (κ3) is 3.01. The molecule has 0 aromatic rings. The van der Waals surface area contributed by atoms with E-state index in [4.69, 9.17) is 0 Å². The van der Waals surface area contributed by atoms with E-state index in [1.165, 1.54) is 0 Å². The molecule has 5 saturated carbocycles. The number of hydrogen-bond donors (Lipinski definition) is 4. The molecule has 0 bridgehead atoms. The molecule has 5 heteroatoms. The Bertz CT molecular complexity index is 875. The summed E-state index contributed by atoms with van der Waals surface area (Å²) in [4.78, 5) is 12.8. The molecule has 4 N–H and O–H groups in total. The van der Waals surface area contributed by atoms with Gasteiger partial charge in [-0.3, -0.25) is 4.79 Å². The van der Waals surface area contributed by atoms with Crippen LogP contribution in [0.1, 0.15) is 99.3 Å². The van der Waals surface area contributed by atoms with E-state index in [1.807, 2.05) is 6.92 Å². The standard InChI is InChI=1S/C30H50O5/c1-17-9-12-30(25(34)35)14-13-28(5)19(23(30)18(17)2)7-8-22-26(3)15-20(32)24(33)27(4,16-31)21(26)10-11-29(22,28)6/h17-24,31-33H,7-16H2,1-6H3,(H,34,35)/t17-,18+,19-,20-,21-,22-,23+,24+,26+,27+,28-,29-,30+/m1/s1. The number of fused-ring (bicyclic) bond motifs is 7. The van der Waals surface area contributed by atoms with E-state index >= 15 is 0 Å².